The van der Waals surface area contributed by atoms with Crippen LogP contribution in [0.2, 0.25) is 10.0 Å². The van der Waals surface area contributed by atoms with Gasteiger partial charge in [-0.3, -0.25) is 10.1 Å². The molecule has 0 spiro atoms. The Hall–Kier alpha value is -2.51. The monoisotopic (exact) mass is 430 g/mol. The number of anilines is 3. The first kappa shape index (κ1) is 18.5. The van der Waals surface area contributed by atoms with Gasteiger partial charge in [-0.25, -0.2) is 0 Å². The zero-order valence-corrected chi connectivity index (χ0v) is 17.2. The van der Waals surface area contributed by atoms with Gasteiger partial charge in [0.2, 0.25) is 11.9 Å². The number of hydrogen-bond donors (Lipinski definition) is 1. The van der Waals surface area contributed by atoms with Crippen molar-refractivity contribution >= 4 is 52.2 Å². The molecule has 0 bridgehead atoms. The number of fused-ring (bicyclic) bond motifs is 1. The Kier molecular flexibility index (Phi) is 4.72. The highest BCUT2D eigenvalue weighted by atomic mass is 35.5. The van der Waals surface area contributed by atoms with Gasteiger partial charge in [0.25, 0.3) is 0 Å². The molecule has 1 N–H and O–H groups in total. The fourth-order valence-electron chi connectivity index (χ4n) is 3.66. The van der Waals surface area contributed by atoms with Gasteiger partial charge in [0, 0.05) is 47.8 Å². The number of piperazine rings is 1. The molecule has 1 aromatic carbocycles. The molecule has 1 saturated heterocycles. The third-order valence-corrected chi connectivity index (χ3v) is 5.78. The molecule has 7 nitrogen and oxygen atoms in total. The van der Waals surface area contributed by atoms with E-state index in [1.165, 1.54) is 0 Å². The van der Waals surface area contributed by atoms with E-state index in [1.54, 1.807) is 10.6 Å². The topological polar surface area (TPSA) is 65.8 Å². The Morgan fingerprint density at radius 2 is 1.69 bits per heavy atom. The molecule has 2 aliphatic rings. The van der Waals surface area contributed by atoms with Gasteiger partial charge in [0.15, 0.2) is 5.65 Å². The first-order valence-corrected chi connectivity index (χ1v) is 10.4. The predicted octanol–water partition coefficient (Wildman–Crippen LogP) is 3.71. The molecule has 3 aromatic rings. The smallest absolute Gasteiger partial charge is 0.249 e. The van der Waals surface area contributed by atoms with Gasteiger partial charge in [-0.05, 0) is 43.2 Å². The molecule has 5 rings (SSSR count). The van der Waals surface area contributed by atoms with E-state index >= 15 is 0 Å². The normalized spacial score (nSPS) is 17.0. The van der Waals surface area contributed by atoms with E-state index in [0.29, 0.717) is 16.0 Å². The van der Waals surface area contributed by atoms with Crippen molar-refractivity contribution in [1.82, 2.24) is 14.6 Å². The zero-order valence-electron chi connectivity index (χ0n) is 15.7. The fraction of sp³-hybridized carbons (Fsp3) is 0.350. The minimum atomic E-state index is 0.0104. The lowest BCUT2D eigenvalue weighted by molar-refractivity contribution is -0.117. The minimum absolute atomic E-state index is 0.0104. The summed E-state index contributed by atoms with van der Waals surface area (Å²) >= 11 is 12.3. The molecule has 0 unspecified atom stereocenters. The molecule has 1 saturated carbocycles. The maximum absolute atomic E-state index is 12.0. The largest absolute Gasteiger partial charge is 0.368 e. The van der Waals surface area contributed by atoms with E-state index in [0.717, 1.165) is 56.2 Å². The first-order chi connectivity index (χ1) is 14.1. The van der Waals surface area contributed by atoms with E-state index in [4.69, 9.17) is 23.2 Å². The molecule has 0 radical (unpaired) electrons. The van der Waals surface area contributed by atoms with E-state index in [2.05, 4.69) is 25.2 Å². The third kappa shape index (κ3) is 3.84. The third-order valence-electron chi connectivity index (χ3n) is 5.34. The van der Waals surface area contributed by atoms with Gasteiger partial charge in [0.1, 0.15) is 5.82 Å². The van der Waals surface area contributed by atoms with Crippen molar-refractivity contribution in [3.8, 4) is 0 Å². The molecule has 150 valence electrons. The maximum Gasteiger partial charge on any atom is 0.249 e. The lowest BCUT2D eigenvalue weighted by atomic mass is 10.2. The van der Waals surface area contributed by atoms with Crippen LogP contribution < -0.4 is 15.1 Å². The Morgan fingerprint density at radius 1 is 1.00 bits per heavy atom. The summed E-state index contributed by atoms with van der Waals surface area (Å²) in [5.41, 5.74) is 1.75. The molecule has 9 heteroatoms. The lowest BCUT2D eigenvalue weighted by Crippen LogP contribution is -2.47. The van der Waals surface area contributed by atoms with Crippen molar-refractivity contribution in [3.05, 3.63) is 46.4 Å². The SMILES string of the molecule is O=C(Nc1nc2cccc(N3CCN(c4cc(Cl)cc(Cl)c4)CC3)n2n1)C1CC1. The molecule has 29 heavy (non-hydrogen) atoms. The molecule has 1 aliphatic heterocycles. The Balaban J connectivity index is 1.33. The predicted molar refractivity (Wildman–Crippen MR) is 115 cm³/mol. The van der Waals surface area contributed by atoms with E-state index in [-0.39, 0.29) is 11.8 Å². The lowest BCUT2D eigenvalue weighted by Gasteiger charge is -2.37. The summed E-state index contributed by atoms with van der Waals surface area (Å²) in [5.74, 6) is 1.46. The number of amides is 1. The van der Waals surface area contributed by atoms with E-state index < -0.39 is 0 Å². The van der Waals surface area contributed by atoms with Crippen LogP contribution >= 0.6 is 23.2 Å². The molecule has 0 atom stereocenters. The van der Waals surface area contributed by atoms with Crippen LogP contribution in [0.15, 0.2) is 36.4 Å². The van der Waals surface area contributed by atoms with Gasteiger partial charge < -0.3 is 9.80 Å². The van der Waals surface area contributed by atoms with Crippen LogP contribution in [0.1, 0.15) is 12.8 Å². The Labute approximate surface area is 178 Å². The first-order valence-electron chi connectivity index (χ1n) is 9.69. The second-order valence-electron chi connectivity index (χ2n) is 7.45. The van der Waals surface area contributed by atoms with Gasteiger partial charge in [-0.1, -0.05) is 29.3 Å². The van der Waals surface area contributed by atoms with Crippen molar-refractivity contribution in [2.75, 3.05) is 41.3 Å². The number of pyridine rings is 1. The summed E-state index contributed by atoms with van der Waals surface area (Å²) in [6, 6.07) is 11.5. The van der Waals surface area contributed by atoms with Crippen LogP contribution in [0.5, 0.6) is 0 Å². The van der Waals surface area contributed by atoms with Crippen molar-refractivity contribution in [1.29, 1.82) is 0 Å². The average Bonchev–Trinajstić information content (AvgIpc) is 3.47. The molecule has 2 aromatic heterocycles. The highest BCUT2D eigenvalue weighted by Gasteiger charge is 2.30. The van der Waals surface area contributed by atoms with Crippen LogP contribution in [0.3, 0.4) is 0 Å². The van der Waals surface area contributed by atoms with Crippen molar-refractivity contribution in [2.45, 2.75) is 12.8 Å². The Bertz CT molecular complexity index is 1050. The van der Waals surface area contributed by atoms with Crippen LogP contribution in [0, 0.1) is 5.92 Å². The molecular formula is C20H20Cl2N6O. The zero-order chi connectivity index (χ0) is 20.0. The van der Waals surface area contributed by atoms with E-state index in [1.807, 2.05) is 30.3 Å². The van der Waals surface area contributed by atoms with Crippen molar-refractivity contribution in [2.24, 2.45) is 5.92 Å². The number of aromatic nitrogens is 3. The number of rotatable bonds is 4. The molecular weight excluding hydrogens is 411 g/mol. The molecule has 1 aliphatic carbocycles. The van der Waals surface area contributed by atoms with Crippen LogP contribution in [0.4, 0.5) is 17.5 Å². The summed E-state index contributed by atoms with van der Waals surface area (Å²) in [5, 5.41) is 8.63. The minimum Gasteiger partial charge on any atom is -0.368 e. The number of carbonyl (C=O) groups is 1. The van der Waals surface area contributed by atoms with Gasteiger partial charge >= 0.3 is 0 Å². The number of nitrogens with zero attached hydrogens (tertiary/aromatic N) is 5. The van der Waals surface area contributed by atoms with Crippen LogP contribution in [-0.4, -0.2) is 46.7 Å². The highest BCUT2D eigenvalue weighted by Crippen LogP contribution is 2.30. The maximum atomic E-state index is 12.0. The summed E-state index contributed by atoms with van der Waals surface area (Å²) in [6.45, 7) is 3.33. The van der Waals surface area contributed by atoms with Crippen LogP contribution in [-0.2, 0) is 4.79 Å². The molecule has 3 heterocycles. The van der Waals surface area contributed by atoms with Gasteiger partial charge in [0.05, 0.1) is 0 Å². The summed E-state index contributed by atoms with van der Waals surface area (Å²) in [6.07, 6.45) is 1.90. The second-order valence-corrected chi connectivity index (χ2v) is 8.33. The summed E-state index contributed by atoms with van der Waals surface area (Å²) < 4.78 is 1.80. The molecule has 1 amide bonds. The quantitative estimate of drug-likeness (QED) is 0.683. The number of halogens is 2. The summed E-state index contributed by atoms with van der Waals surface area (Å²) in [7, 11) is 0. The number of nitrogens with one attached hydrogen (secondary N) is 1. The van der Waals surface area contributed by atoms with E-state index in [9.17, 15) is 4.79 Å². The number of hydrogen-bond acceptors (Lipinski definition) is 5. The number of benzene rings is 1. The van der Waals surface area contributed by atoms with Crippen molar-refractivity contribution < 1.29 is 4.79 Å². The van der Waals surface area contributed by atoms with Gasteiger partial charge in [-0.2, -0.15) is 9.50 Å². The van der Waals surface area contributed by atoms with Crippen molar-refractivity contribution in [3.63, 3.8) is 0 Å². The van der Waals surface area contributed by atoms with Crippen LogP contribution in [0.25, 0.3) is 5.65 Å². The Morgan fingerprint density at radius 3 is 2.38 bits per heavy atom. The average molecular weight is 431 g/mol. The second kappa shape index (κ2) is 7.39. The standard InChI is InChI=1S/C20H20Cl2N6O/c21-14-10-15(22)12-16(11-14)26-6-8-27(9-7-26)18-3-1-2-17-23-20(25-28(17)18)24-19(29)13-4-5-13/h1-3,10-13H,4-9H2,(H,24,25,29). The highest BCUT2D eigenvalue weighted by molar-refractivity contribution is 6.35. The summed E-state index contributed by atoms with van der Waals surface area (Å²) in [4.78, 5) is 21.0. The molecule has 2 fully saturated rings. The van der Waals surface area contributed by atoms with Gasteiger partial charge in [-0.15, -0.1) is 5.10 Å². The number of carbonyl (C=O) groups excluding carboxylic acids is 1. The fourth-order valence-corrected chi connectivity index (χ4v) is 4.17.